The van der Waals surface area contributed by atoms with Crippen LogP contribution in [0.3, 0.4) is 0 Å². The summed E-state index contributed by atoms with van der Waals surface area (Å²) in [6, 6.07) is 0.274. The van der Waals surface area contributed by atoms with E-state index in [0.29, 0.717) is 12.5 Å². The van der Waals surface area contributed by atoms with Gasteiger partial charge in [-0.15, -0.1) is 23.7 Å². The maximum absolute atomic E-state index is 12.7. The zero-order chi connectivity index (χ0) is 15.1. The molecule has 1 saturated heterocycles. The Kier molecular flexibility index (Phi) is 5.81. The highest BCUT2D eigenvalue weighted by atomic mass is 35.5. The first kappa shape index (κ1) is 18.4. The molecule has 0 bridgehead atoms. The van der Waals surface area contributed by atoms with E-state index in [2.05, 4.69) is 32.7 Å². The van der Waals surface area contributed by atoms with E-state index in [0.717, 1.165) is 28.5 Å². The molecule has 6 heteroatoms. The summed E-state index contributed by atoms with van der Waals surface area (Å²) in [6.07, 6.45) is 1.01. The standard InChI is InChI=1S/C15H25N3OS.ClH/c1-9-6-11(7-16)8-18(9)13(19)12-10(2)17-14(20-12)15(3,4)5;/h9,11H,6-8,16H2,1-5H3;1H. The Hall–Kier alpha value is -0.650. The topological polar surface area (TPSA) is 59.2 Å². The highest BCUT2D eigenvalue weighted by Crippen LogP contribution is 2.32. The van der Waals surface area contributed by atoms with Gasteiger partial charge in [-0.05, 0) is 32.7 Å². The van der Waals surface area contributed by atoms with Crippen molar-refractivity contribution in [2.45, 2.75) is 52.5 Å². The predicted octanol–water partition coefficient (Wildman–Crippen LogP) is 2.98. The van der Waals surface area contributed by atoms with E-state index in [1.54, 1.807) is 0 Å². The third kappa shape index (κ3) is 3.76. The van der Waals surface area contributed by atoms with E-state index in [1.807, 2.05) is 11.8 Å². The molecule has 0 spiro atoms. The molecule has 0 radical (unpaired) electrons. The lowest BCUT2D eigenvalue weighted by molar-refractivity contribution is 0.0747. The van der Waals surface area contributed by atoms with Gasteiger partial charge in [-0.1, -0.05) is 20.8 Å². The van der Waals surface area contributed by atoms with E-state index in [-0.39, 0.29) is 29.8 Å². The second kappa shape index (κ2) is 6.63. The number of halogens is 1. The lowest BCUT2D eigenvalue weighted by atomic mass is 9.98. The maximum Gasteiger partial charge on any atom is 0.266 e. The van der Waals surface area contributed by atoms with Crippen LogP contribution in [-0.4, -0.2) is 34.9 Å². The van der Waals surface area contributed by atoms with Crippen molar-refractivity contribution in [2.24, 2.45) is 11.7 Å². The number of thiazole rings is 1. The van der Waals surface area contributed by atoms with Crippen LogP contribution in [0.1, 0.15) is 54.5 Å². The Morgan fingerprint density at radius 3 is 2.52 bits per heavy atom. The van der Waals surface area contributed by atoms with Gasteiger partial charge in [0.2, 0.25) is 0 Å². The number of amides is 1. The molecule has 2 heterocycles. The lowest BCUT2D eigenvalue weighted by Crippen LogP contribution is -2.34. The average molecular weight is 332 g/mol. The summed E-state index contributed by atoms with van der Waals surface area (Å²) < 4.78 is 0. The largest absolute Gasteiger partial charge is 0.335 e. The van der Waals surface area contributed by atoms with Gasteiger partial charge in [-0.25, -0.2) is 4.98 Å². The average Bonchev–Trinajstić information content (AvgIpc) is 2.91. The van der Waals surface area contributed by atoms with E-state index in [1.165, 1.54) is 11.3 Å². The number of carbonyl (C=O) groups excluding carboxylic acids is 1. The number of likely N-dealkylation sites (tertiary alicyclic amines) is 1. The van der Waals surface area contributed by atoms with E-state index in [9.17, 15) is 4.79 Å². The number of rotatable bonds is 2. The van der Waals surface area contributed by atoms with Crippen molar-refractivity contribution in [2.75, 3.05) is 13.1 Å². The van der Waals surface area contributed by atoms with Crippen LogP contribution in [0.15, 0.2) is 0 Å². The van der Waals surface area contributed by atoms with Gasteiger partial charge in [0.25, 0.3) is 5.91 Å². The number of hydrogen-bond donors (Lipinski definition) is 1. The second-order valence-electron chi connectivity index (χ2n) is 6.83. The fourth-order valence-electron chi connectivity index (χ4n) is 2.64. The summed E-state index contributed by atoms with van der Waals surface area (Å²) in [5.41, 5.74) is 6.59. The van der Waals surface area contributed by atoms with Gasteiger partial charge in [0, 0.05) is 18.0 Å². The Morgan fingerprint density at radius 2 is 2.10 bits per heavy atom. The van der Waals surface area contributed by atoms with Crippen LogP contribution in [-0.2, 0) is 5.41 Å². The summed E-state index contributed by atoms with van der Waals surface area (Å²) >= 11 is 1.54. The summed E-state index contributed by atoms with van der Waals surface area (Å²) in [6.45, 7) is 11.9. The molecule has 1 aliphatic heterocycles. The molecule has 1 amide bonds. The zero-order valence-electron chi connectivity index (χ0n) is 13.5. The van der Waals surface area contributed by atoms with Crippen molar-refractivity contribution < 1.29 is 4.79 Å². The molecule has 1 fully saturated rings. The molecule has 2 unspecified atom stereocenters. The number of hydrogen-bond acceptors (Lipinski definition) is 4. The third-order valence-corrected chi connectivity index (χ3v) is 5.46. The Morgan fingerprint density at radius 1 is 1.48 bits per heavy atom. The van der Waals surface area contributed by atoms with Gasteiger partial charge in [0.1, 0.15) is 4.88 Å². The summed E-state index contributed by atoms with van der Waals surface area (Å²) in [7, 11) is 0. The fraction of sp³-hybridized carbons (Fsp3) is 0.733. The van der Waals surface area contributed by atoms with Crippen LogP contribution in [0.2, 0.25) is 0 Å². The normalized spacial score (nSPS) is 22.3. The second-order valence-corrected chi connectivity index (χ2v) is 7.83. The Labute approximate surface area is 137 Å². The van der Waals surface area contributed by atoms with Gasteiger partial charge < -0.3 is 10.6 Å². The van der Waals surface area contributed by atoms with Crippen molar-refractivity contribution in [3.05, 3.63) is 15.6 Å². The number of nitrogens with zero attached hydrogens (tertiary/aromatic N) is 2. The number of carbonyl (C=O) groups is 1. The summed E-state index contributed by atoms with van der Waals surface area (Å²) in [5, 5.41) is 1.03. The molecule has 21 heavy (non-hydrogen) atoms. The molecule has 4 nitrogen and oxygen atoms in total. The number of aryl methyl sites for hydroxylation is 1. The minimum atomic E-state index is -0.00955. The molecule has 0 aromatic carbocycles. The molecule has 2 N–H and O–H groups in total. The molecule has 1 aliphatic rings. The number of aromatic nitrogens is 1. The minimum absolute atomic E-state index is 0. The first-order valence-electron chi connectivity index (χ1n) is 7.23. The summed E-state index contributed by atoms with van der Waals surface area (Å²) in [4.78, 5) is 20.1. The fourth-order valence-corrected chi connectivity index (χ4v) is 3.72. The molecule has 2 rings (SSSR count). The smallest absolute Gasteiger partial charge is 0.266 e. The van der Waals surface area contributed by atoms with Crippen LogP contribution >= 0.6 is 23.7 Å². The van der Waals surface area contributed by atoms with Crippen molar-refractivity contribution >= 4 is 29.7 Å². The molecule has 0 aliphatic carbocycles. The van der Waals surface area contributed by atoms with Gasteiger partial charge in [0.15, 0.2) is 0 Å². The van der Waals surface area contributed by atoms with Crippen LogP contribution in [0, 0.1) is 12.8 Å². The van der Waals surface area contributed by atoms with E-state index in [4.69, 9.17) is 5.73 Å². The molecule has 1 aromatic heterocycles. The minimum Gasteiger partial charge on any atom is -0.335 e. The predicted molar refractivity (Wildman–Crippen MR) is 90.5 cm³/mol. The van der Waals surface area contributed by atoms with Crippen LogP contribution in [0.25, 0.3) is 0 Å². The van der Waals surface area contributed by atoms with E-state index < -0.39 is 0 Å². The highest BCUT2D eigenvalue weighted by molar-refractivity contribution is 7.14. The first-order chi connectivity index (χ1) is 9.24. The maximum atomic E-state index is 12.7. The Balaban J connectivity index is 0.00000220. The van der Waals surface area contributed by atoms with Gasteiger partial charge in [-0.2, -0.15) is 0 Å². The van der Waals surface area contributed by atoms with Gasteiger partial charge >= 0.3 is 0 Å². The van der Waals surface area contributed by atoms with Crippen molar-refractivity contribution in [3.63, 3.8) is 0 Å². The van der Waals surface area contributed by atoms with Gasteiger partial charge in [0.05, 0.1) is 10.7 Å². The molecule has 1 aromatic rings. The van der Waals surface area contributed by atoms with Crippen LogP contribution in [0.4, 0.5) is 0 Å². The van der Waals surface area contributed by atoms with Gasteiger partial charge in [-0.3, -0.25) is 4.79 Å². The number of nitrogens with two attached hydrogens (primary N) is 1. The molecular weight excluding hydrogens is 306 g/mol. The molecule has 2 atom stereocenters. The molecular formula is C15H26ClN3OS. The van der Waals surface area contributed by atoms with Crippen molar-refractivity contribution in [1.82, 2.24) is 9.88 Å². The molecule has 0 saturated carbocycles. The van der Waals surface area contributed by atoms with E-state index >= 15 is 0 Å². The quantitative estimate of drug-likeness (QED) is 0.906. The Bertz CT molecular complexity index is 510. The lowest BCUT2D eigenvalue weighted by Gasteiger charge is -2.21. The molecule has 120 valence electrons. The van der Waals surface area contributed by atoms with Crippen LogP contribution < -0.4 is 5.73 Å². The SMILES string of the molecule is Cc1nc(C(C)(C)C)sc1C(=O)N1CC(CN)CC1C.Cl. The van der Waals surface area contributed by atoms with Crippen molar-refractivity contribution in [1.29, 1.82) is 0 Å². The van der Waals surface area contributed by atoms with Crippen molar-refractivity contribution in [3.8, 4) is 0 Å². The first-order valence-corrected chi connectivity index (χ1v) is 8.04. The monoisotopic (exact) mass is 331 g/mol. The van der Waals surface area contributed by atoms with Crippen LogP contribution in [0.5, 0.6) is 0 Å². The highest BCUT2D eigenvalue weighted by Gasteiger charge is 2.34. The summed E-state index contributed by atoms with van der Waals surface area (Å²) in [5.74, 6) is 0.559. The third-order valence-electron chi connectivity index (χ3n) is 3.89. The zero-order valence-corrected chi connectivity index (χ0v) is 15.1.